The Morgan fingerprint density at radius 2 is 1.85 bits per heavy atom. The molecule has 1 atom stereocenters. The van der Waals surface area contributed by atoms with Crippen LogP contribution in [0.4, 0.5) is 10.2 Å². The SMILES string of the molecule is Cc1cnc(C)c(-c2ccc(NC(=O)C(N)C(C3CC3)C3CC3)nc2F)c1. The van der Waals surface area contributed by atoms with Gasteiger partial charge in [0.25, 0.3) is 0 Å². The maximum absolute atomic E-state index is 14.6. The predicted molar refractivity (Wildman–Crippen MR) is 102 cm³/mol. The quantitative estimate of drug-likeness (QED) is 0.764. The largest absolute Gasteiger partial charge is 0.320 e. The third-order valence-electron chi connectivity index (χ3n) is 5.66. The average molecular weight is 368 g/mol. The molecule has 2 heterocycles. The van der Waals surface area contributed by atoms with Crippen LogP contribution in [0.1, 0.15) is 36.9 Å². The van der Waals surface area contributed by atoms with Gasteiger partial charge in [-0.05, 0) is 81.0 Å². The highest BCUT2D eigenvalue weighted by Crippen LogP contribution is 2.50. The van der Waals surface area contributed by atoms with E-state index in [1.807, 2.05) is 19.9 Å². The zero-order valence-electron chi connectivity index (χ0n) is 15.7. The van der Waals surface area contributed by atoms with E-state index in [1.54, 1.807) is 18.3 Å². The Bertz CT molecular complexity index is 864. The molecule has 0 aromatic carbocycles. The van der Waals surface area contributed by atoms with Crippen LogP contribution in [0.15, 0.2) is 24.4 Å². The van der Waals surface area contributed by atoms with Crippen LogP contribution >= 0.6 is 0 Å². The fraction of sp³-hybridized carbons (Fsp3) is 0.476. The van der Waals surface area contributed by atoms with Crippen LogP contribution in [-0.2, 0) is 4.79 Å². The lowest BCUT2D eigenvalue weighted by atomic mass is 9.89. The first-order chi connectivity index (χ1) is 12.9. The van der Waals surface area contributed by atoms with Crippen LogP contribution < -0.4 is 11.1 Å². The molecular weight excluding hydrogens is 343 g/mol. The smallest absolute Gasteiger partial charge is 0.242 e. The molecule has 0 aliphatic heterocycles. The molecule has 1 unspecified atom stereocenters. The van der Waals surface area contributed by atoms with E-state index in [2.05, 4.69) is 15.3 Å². The summed E-state index contributed by atoms with van der Waals surface area (Å²) in [4.78, 5) is 20.8. The third-order valence-corrected chi connectivity index (χ3v) is 5.66. The fourth-order valence-electron chi connectivity index (χ4n) is 3.93. The average Bonchev–Trinajstić information content (AvgIpc) is 3.52. The Labute approximate surface area is 158 Å². The normalized spacial score (nSPS) is 17.8. The van der Waals surface area contributed by atoms with Gasteiger partial charge in [-0.3, -0.25) is 9.78 Å². The van der Waals surface area contributed by atoms with Gasteiger partial charge < -0.3 is 11.1 Å². The molecule has 2 aliphatic carbocycles. The summed E-state index contributed by atoms with van der Waals surface area (Å²) in [7, 11) is 0. The highest BCUT2D eigenvalue weighted by Gasteiger charge is 2.46. The third kappa shape index (κ3) is 3.86. The lowest BCUT2D eigenvalue weighted by Crippen LogP contribution is -2.44. The number of halogens is 1. The number of nitrogens with one attached hydrogen (secondary N) is 1. The molecule has 0 bridgehead atoms. The molecule has 5 nitrogen and oxygen atoms in total. The number of nitrogens with two attached hydrogens (primary N) is 1. The number of carbonyl (C=O) groups is 1. The van der Waals surface area contributed by atoms with Gasteiger partial charge >= 0.3 is 0 Å². The van der Waals surface area contributed by atoms with Crippen molar-refractivity contribution in [2.24, 2.45) is 23.5 Å². The summed E-state index contributed by atoms with van der Waals surface area (Å²) in [6, 6.07) is 4.57. The van der Waals surface area contributed by atoms with Crippen LogP contribution in [0.5, 0.6) is 0 Å². The molecule has 0 spiro atoms. The minimum Gasteiger partial charge on any atom is -0.320 e. The first-order valence-electron chi connectivity index (χ1n) is 9.60. The van der Waals surface area contributed by atoms with Gasteiger partial charge in [-0.25, -0.2) is 4.98 Å². The van der Waals surface area contributed by atoms with Gasteiger partial charge in [-0.1, -0.05) is 0 Å². The monoisotopic (exact) mass is 368 g/mol. The second-order valence-corrected chi connectivity index (χ2v) is 7.95. The van der Waals surface area contributed by atoms with Gasteiger partial charge in [-0.2, -0.15) is 4.39 Å². The number of amides is 1. The molecule has 1 amide bonds. The summed E-state index contributed by atoms with van der Waals surface area (Å²) in [6.07, 6.45) is 6.39. The predicted octanol–water partition coefficient (Wildman–Crippen LogP) is 3.60. The highest BCUT2D eigenvalue weighted by molar-refractivity contribution is 5.94. The van der Waals surface area contributed by atoms with E-state index in [9.17, 15) is 9.18 Å². The standard InChI is InChI=1S/C21H25FN4O/c1-11-9-16(12(2)24-10-11)15-7-8-17(25-20(15)22)26-21(27)19(23)18(13-3-4-13)14-5-6-14/h7-10,13-14,18-19H,3-6,23H2,1-2H3,(H,25,26,27). The summed E-state index contributed by atoms with van der Waals surface area (Å²) in [5, 5.41) is 2.70. The molecule has 0 saturated heterocycles. The van der Waals surface area contributed by atoms with Gasteiger partial charge in [0.1, 0.15) is 5.82 Å². The first kappa shape index (κ1) is 18.0. The van der Waals surface area contributed by atoms with Crippen LogP contribution in [0.25, 0.3) is 11.1 Å². The summed E-state index contributed by atoms with van der Waals surface area (Å²) in [5.74, 6) is 0.685. The second kappa shape index (κ2) is 7.00. The molecule has 2 saturated carbocycles. The van der Waals surface area contributed by atoms with Crippen molar-refractivity contribution in [3.05, 3.63) is 41.6 Å². The summed E-state index contributed by atoms with van der Waals surface area (Å²) in [5.41, 5.74) is 9.01. The lowest BCUT2D eigenvalue weighted by molar-refractivity contribution is -0.118. The number of rotatable bonds is 6. The van der Waals surface area contributed by atoms with E-state index in [0.29, 0.717) is 23.0 Å². The summed E-state index contributed by atoms with van der Waals surface area (Å²) in [6.45, 7) is 3.74. The van der Waals surface area contributed by atoms with E-state index in [-0.39, 0.29) is 17.6 Å². The molecule has 142 valence electrons. The molecule has 6 heteroatoms. The highest BCUT2D eigenvalue weighted by atomic mass is 19.1. The Balaban J connectivity index is 1.50. The van der Waals surface area contributed by atoms with E-state index >= 15 is 0 Å². The molecule has 3 N–H and O–H groups in total. The molecule has 27 heavy (non-hydrogen) atoms. The second-order valence-electron chi connectivity index (χ2n) is 7.95. The Hall–Kier alpha value is -2.34. The zero-order valence-corrected chi connectivity index (χ0v) is 15.7. The number of anilines is 1. The molecular formula is C21H25FN4O. The number of nitrogens with zero attached hydrogens (tertiary/aromatic N) is 2. The van der Waals surface area contributed by atoms with Crippen molar-refractivity contribution in [2.45, 2.75) is 45.6 Å². The van der Waals surface area contributed by atoms with Gasteiger partial charge in [-0.15, -0.1) is 0 Å². The van der Waals surface area contributed by atoms with Gasteiger partial charge in [0, 0.05) is 23.0 Å². The summed E-state index contributed by atoms with van der Waals surface area (Å²) < 4.78 is 14.6. The molecule has 2 aliphatic rings. The molecule has 2 aromatic rings. The van der Waals surface area contributed by atoms with Gasteiger partial charge in [0.15, 0.2) is 0 Å². The number of hydrogen-bond donors (Lipinski definition) is 2. The Morgan fingerprint density at radius 3 is 2.44 bits per heavy atom. The fourth-order valence-corrected chi connectivity index (χ4v) is 3.93. The Morgan fingerprint density at radius 1 is 1.19 bits per heavy atom. The van der Waals surface area contributed by atoms with E-state index in [1.165, 1.54) is 0 Å². The van der Waals surface area contributed by atoms with Crippen molar-refractivity contribution < 1.29 is 9.18 Å². The first-order valence-corrected chi connectivity index (χ1v) is 9.60. The lowest BCUT2D eigenvalue weighted by Gasteiger charge is -2.22. The van der Waals surface area contributed by atoms with E-state index in [4.69, 9.17) is 5.73 Å². The maximum Gasteiger partial charge on any atom is 0.242 e. The molecule has 2 aromatic heterocycles. The van der Waals surface area contributed by atoms with Crippen LogP contribution in [-0.4, -0.2) is 21.9 Å². The van der Waals surface area contributed by atoms with Crippen LogP contribution in [0, 0.1) is 37.5 Å². The number of aromatic nitrogens is 2. The van der Waals surface area contributed by atoms with Crippen LogP contribution in [0.3, 0.4) is 0 Å². The van der Waals surface area contributed by atoms with Crippen molar-refractivity contribution in [1.82, 2.24) is 9.97 Å². The van der Waals surface area contributed by atoms with Crippen LogP contribution in [0.2, 0.25) is 0 Å². The minimum atomic E-state index is -0.627. The van der Waals surface area contributed by atoms with Gasteiger partial charge in [0.2, 0.25) is 11.9 Å². The maximum atomic E-state index is 14.6. The number of aryl methyl sites for hydroxylation is 2. The zero-order chi connectivity index (χ0) is 19.1. The van der Waals surface area contributed by atoms with Gasteiger partial charge in [0.05, 0.1) is 6.04 Å². The van der Waals surface area contributed by atoms with Crippen molar-refractivity contribution in [2.75, 3.05) is 5.32 Å². The van der Waals surface area contributed by atoms with Crippen molar-refractivity contribution in [1.29, 1.82) is 0 Å². The molecule has 4 rings (SSSR count). The minimum absolute atomic E-state index is 0.195. The van der Waals surface area contributed by atoms with Crippen molar-refractivity contribution in [3.63, 3.8) is 0 Å². The Kier molecular flexibility index (Phi) is 4.68. The van der Waals surface area contributed by atoms with E-state index < -0.39 is 12.0 Å². The van der Waals surface area contributed by atoms with Crippen molar-refractivity contribution in [3.8, 4) is 11.1 Å². The van der Waals surface area contributed by atoms with E-state index in [0.717, 1.165) is 36.9 Å². The molecule has 2 fully saturated rings. The molecule has 0 radical (unpaired) electrons. The summed E-state index contributed by atoms with van der Waals surface area (Å²) >= 11 is 0. The van der Waals surface area contributed by atoms with Crippen molar-refractivity contribution >= 4 is 11.7 Å². The number of carbonyl (C=O) groups excluding carboxylic acids is 1. The topological polar surface area (TPSA) is 80.9 Å². The number of hydrogen-bond acceptors (Lipinski definition) is 4. The number of pyridine rings is 2.